The van der Waals surface area contributed by atoms with E-state index in [1.165, 1.54) is 11.8 Å². The Morgan fingerprint density at radius 1 is 1.07 bits per heavy atom. The third-order valence-corrected chi connectivity index (χ3v) is 5.19. The summed E-state index contributed by atoms with van der Waals surface area (Å²) in [6, 6.07) is 17.3. The first-order valence-electron chi connectivity index (χ1n) is 9.21. The van der Waals surface area contributed by atoms with Gasteiger partial charge in [-0.15, -0.1) is 10.2 Å². The van der Waals surface area contributed by atoms with Crippen molar-refractivity contribution in [1.82, 2.24) is 14.8 Å². The molecule has 0 unspecified atom stereocenters. The van der Waals surface area contributed by atoms with Gasteiger partial charge in [-0.3, -0.25) is 4.79 Å². The van der Waals surface area contributed by atoms with E-state index >= 15 is 0 Å². The predicted molar refractivity (Wildman–Crippen MR) is 113 cm³/mol. The molecule has 0 aliphatic carbocycles. The standard InChI is InChI=1S/C21H24N4O3S/c1-27-13-12-25-19(14-16-6-4-3-5-7-16)23-24-21(25)29-15-20(26)22-17-8-10-18(28-2)11-9-17/h3-11H,12-15H2,1-2H3,(H,22,26). The van der Waals surface area contributed by atoms with Crippen LogP contribution in [0.3, 0.4) is 0 Å². The highest BCUT2D eigenvalue weighted by atomic mass is 32.2. The van der Waals surface area contributed by atoms with Crippen LogP contribution in [0.25, 0.3) is 0 Å². The van der Waals surface area contributed by atoms with Crippen LogP contribution in [-0.2, 0) is 22.5 Å². The van der Waals surface area contributed by atoms with Gasteiger partial charge < -0.3 is 19.4 Å². The topological polar surface area (TPSA) is 78.3 Å². The number of nitrogens with one attached hydrogen (secondary N) is 1. The van der Waals surface area contributed by atoms with Crippen LogP contribution in [0.5, 0.6) is 5.75 Å². The molecule has 8 heteroatoms. The third kappa shape index (κ3) is 6.07. The molecule has 1 aromatic heterocycles. The molecule has 2 aromatic carbocycles. The van der Waals surface area contributed by atoms with E-state index in [4.69, 9.17) is 9.47 Å². The highest BCUT2D eigenvalue weighted by Crippen LogP contribution is 2.20. The first-order chi connectivity index (χ1) is 14.2. The number of ether oxygens (including phenoxy) is 2. The van der Waals surface area contributed by atoms with Crippen LogP contribution in [0, 0.1) is 0 Å². The lowest BCUT2D eigenvalue weighted by atomic mass is 10.1. The Labute approximate surface area is 174 Å². The lowest BCUT2D eigenvalue weighted by molar-refractivity contribution is -0.113. The molecule has 7 nitrogen and oxygen atoms in total. The Balaban J connectivity index is 1.63. The summed E-state index contributed by atoms with van der Waals surface area (Å²) in [4.78, 5) is 12.3. The van der Waals surface area contributed by atoms with Crippen molar-refractivity contribution in [2.24, 2.45) is 0 Å². The van der Waals surface area contributed by atoms with Gasteiger partial charge in [-0.2, -0.15) is 0 Å². The summed E-state index contributed by atoms with van der Waals surface area (Å²) in [6.45, 7) is 1.18. The van der Waals surface area contributed by atoms with Crippen molar-refractivity contribution >= 4 is 23.4 Å². The minimum atomic E-state index is -0.105. The quantitative estimate of drug-likeness (QED) is 0.515. The van der Waals surface area contributed by atoms with Crippen molar-refractivity contribution in [1.29, 1.82) is 0 Å². The molecule has 0 fully saturated rings. The molecule has 3 aromatic rings. The molecule has 0 saturated carbocycles. The summed E-state index contributed by atoms with van der Waals surface area (Å²) < 4.78 is 12.4. The molecule has 0 atom stereocenters. The zero-order chi connectivity index (χ0) is 20.5. The average Bonchev–Trinajstić information content (AvgIpc) is 3.13. The fourth-order valence-electron chi connectivity index (χ4n) is 2.74. The van der Waals surface area contributed by atoms with Gasteiger partial charge in [0, 0.05) is 25.8 Å². The van der Waals surface area contributed by atoms with Crippen molar-refractivity contribution in [2.45, 2.75) is 18.1 Å². The van der Waals surface area contributed by atoms with Gasteiger partial charge in [-0.1, -0.05) is 42.1 Å². The number of anilines is 1. The second kappa shape index (κ2) is 10.6. The van der Waals surface area contributed by atoms with Gasteiger partial charge in [-0.05, 0) is 29.8 Å². The van der Waals surface area contributed by atoms with E-state index in [2.05, 4.69) is 27.6 Å². The normalized spacial score (nSPS) is 10.7. The Bertz CT molecular complexity index is 913. The lowest BCUT2D eigenvalue weighted by Crippen LogP contribution is -2.15. The van der Waals surface area contributed by atoms with E-state index < -0.39 is 0 Å². The number of amides is 1. The van der Waals surface area contributed by atoms with Crippen molar-refractivity contribution in [2.75, 3.05) is 31.9 Å². The van der Waals surface area contributed by atoms with E-state index in [-0.39, 0.29) is 11.7 Å². The molecule has 0 radical (unpaired) electrons. The van der Waals surface area contributed by atoms with Crippen LogP contribution >= 0.6 is 11.8 Å². The minimum absolute atomic E-state index is 0.105. The average molecular weight is 413 g/mol. The fourth-order valence-corrected chi connectivity index (χ4v) is 3.53. The number of benzene rings is 2. The molecule has 0 bridgehead atoms. The van der Waals surface area contributed by atoms with Crippen molar-refractivity contribution < 1.29 is 14.3 Å². The summed E-state index contributed by atoms with van der Waals surface area (Å²) in [5.41, 5.74) is 1.88. The molecular formula is C21H24N4O3S. The summed E-state index contributed by atoms with van der Waals surface area (Å²) in [5.74, 6) is 1.73. The first-order valence-corrected chi connectivity index (χ1v) is 10.2. The first kappa shape index (κ1) is 20.9. The van der Waals surface area contributed by atoms with Crippen LogP contribution in [0.15, 0.2) is 59.8 Å². The highest BCUT2D eigenvalue weighted by molar-refractivity contribution is 7.99. The molecule has 29 heavy (non-hydrogen) atoms. The maximum absolute atomic E-state index is 12.3. The summed E-state index contributed by atoms with van der Waals surface area (Å²) in [6.07, 6.45) is 0.677. The molecule has 0 spiro atoms. The van der Waals surface area contributed by atoms with E-state index in [1.54, 1.807) is 38.5 Å². The predicted octanol–water partition coefficient (Wildman–Crippen LogP) is 3.25. The smallest absolute Gasteiger partial charge is 0.234 e. The van der Waals surface area contributed by atoms with Crippen molar-refractivity contribution in [3.8, 4) is 5.75 Å². The van der Waals surface area contributed by atoms with E-state index in [0.717, 1.165) is 22.8 Å². The summed E-state index contributed by atoms with van der Waals surface area (Å²) in [5, 5.41) is 12.2. The molecule has 0 saturated heterocycles. The van der Waals surface area contributed by atoms with Crippen LogP contribution in [0.1, 0.15) is 11.4 Å². The zero-order valence-electron chi connectivity index (χ0n) is 16.5. The molecule has 0 aliphatic rings. The largest absolute Gasteiger partial charge is 0.497 e. The molecular weight excluding hydrogens is 388 g/mol. The number of hydrogen-bond acceptors (Lipinski definition) is 6. The second-order valence-electron chi connectivity index (χ2n) is 6.27. The summed E-state index contributed by atoms with van der Waals surface area (Å²) >= 11 is 1.36. The summed E-state index contributed by atoms with van der Waals surface area (Å²) in [7, 11) is 3.27. The van der Waals surface area contributed by atoms with Gasteiger partial charge >= 0.3 is 0 Å². The number of aromatic nitrogens is 3. The van der Waals surface area contributed by atoms with Crippen LogP contribution in [0.4, 0.5) is 5.69 Å². The third-order valence-electron chi connectivity index (χ3n) is 4.22. The van der Waals surface area contributed by atoms with Crippen molar-refractivity contribution in [3.05, 3.63) is 66.0 Å². The SMILES string of the molecule is COCCn1c(Cc2ccccc2)nnc1SCC(=O)Nc1ccc(OC)cc1. The Hall–Kier alpha value is -2.84. The van der Waals surface area contributed by atoms with Gasteiger partial charge in [0.2, 0.25) is 5.91 Å². The van der Waals surface area contributed by atoms with E-state index in [9.17, 15) is 4.79 Å². The van der Waals surface area contributed by atoms with Gasteiger partial charge in [0.25, 0.3) is 0 Å². The van der Waals surface area contributed by atoms with Gasteiger partial charge in [0.15, 0.2) is 5.16 Å². The van der Waals surface area contributed by atoms with Gasteiger partial charge in [-0.25, -0.2) is 0 Å². The monoisotopic (exact) mass is 412 g/mol. The maximum atomic E-state index is 12.3. The Morgan fingerprint density at radius 2 is 1.83 bits per heavy atom. The molecule has 1 heterocycles. The number of rotatable bonds is 10. The van der Waals surface area contributed by atoms with E-state index in [1.807, 2.05) is 22.8 Å². The van der Waals surface area contributed by atoms with Crippen LogP contribution in [0.2, 0.25) is 0 Å². The van der Waals surface area contributed by atoms with Crippen molar-refractivity contribution in [3.63, 3.8) is 0 Å². The molecule has 152 valence electrons. The second-order valence-corrected chi connectivity index (χ2v) is 7.21. The Morgan fingerprint density at radius 3 is 2.52 bits per heavy atom. The zero-order valence-corrected chi connectivity index (χ0v) is 17.3. The number of hydrogen-bond donors (Lipinski definition) is 1. The van der Waals surface area contributed by atoms with Crippen LogP contribution < -0.4 is 10.1 Å². The molecule has 3 rings (SSSR count). The number of methoxy groups -OCH3 is 2. The number of carbonyl (C=O) groups excluding carboxylic acids is 1. The van der Waals surface area contributed by atoms with Crippen LogP contribution in [-0.4, -0.2) is 47.3 Å². The molecule has 1 amide bonds. The number of nitrogens with zero attached hydrogens (tertiary/aromatic N) is 3. The number of carbonyl (C=O) groups is 1. The fraction of sp³-hybridized carbons (Fsp3) is 0.286. The highest BCUT2D eigenvalue weighted by Gasteiger charge is 2.15. The van der Waals surface area contributed by atoms with Gasteiger partial charge in [0.05, 0.1) is 19.5 Å². The Kier molecular flexibility index (Phi) is 7.66. The maximum Gasteiger partial charge on any atom is 0.234 e. The van der Waals surface area contributed by atoms with E-state index in [0.29, 0.717) is 24.7 Å². The molecule has 0 aliphatic heterocycles. The number of thioether (sulfide) groups is 1. The lowest BCUT2D eigenvalue weighted by Gasteiger charge is -2.10. The van der Waals surface area contributed by atoms with Gasteiger partial charge in [0.1, 0.15) is 11.6 Å². The minimum Gasteiger partial charge on any atom is -0.497 e. The molecule has 1 N–H and O–H groups in total.